The fourth-order valence-electron chi connectivity index (χ4n) is 1.51. The Balaban J connectivity index is 2.12. The van der Waals surface area contributed by atoms with E-state index in [1.54, 1.807) is 0 Å². The SMILES string of the molecule is CC(C)CNC1CCCOCC1. The Labute approximate surface area is 75.7 Å². The van der Waals surface area contributed by atoms with Crippen LogP contribution in [0.15, 0.2) is 0 Å². The number of rotatable bonds is 3. The van der Waals surface area contributed by atoms with Gasteiger partial charge in [0.25, 0.3) is 0 Å². The van der Waals surface area contributed by atoms with Crippen molar-refractivity contribution in [2.24, 2.45) is 5.92 Å². The van der Waals surface area contributed by atoms with Crippen molar-refractivity contribution in [1.82, 2.24) is 5.32 Å². The van der Waals surface area contributed by atoms with Crippen LogP contribution in [-0.4, -0.2) is 25.8 Å². The lowest BCUT2D eigenvalue weighted by Crippen LogP contribution is -2.32. The highest BCUT2D eigenvalue weighted by Crippen LogP contribution is 2.08. The van der Waals surface area contributed by atoms with Gasteiger partial charge in [0.2, 0.25) is 0 Å². The van der Waals surface area contributed by atoms with Gasteiger partial charge in [-0.3, -0.25) is 0 Å². The molecule has 1 N–H and O–H groups in total. The van der Waals surface area contributed by atoms with Gasteiger partial charge < -0.3 is 10.1 Å². The van der Waals surface area contributed by atoms with Crippen LogP contribution in [0.4, 0.5) is 0 Å². The van der Waals surface area contributed by atoms with E-state index in [4.69, 9.17) is 4.74 Å². The molecule has 0 radical (unpaired) electrons. The van der Waals surface area contributed by atoms with E-state index in [9.17, 15) is 0 Å². The molecule has 1 aliphatic heterocycles. The summed E-state index contributed by atoms with van der Waals surface area (Å²) in [5.41, 5.74) is 0. The zero-order valence-electron chi connectivity index (χ0n) is 8.31. The van der Waals surface area contributed by atoms with Crippen molar-refractivity contribution in [1.29, 1.82) is 0 Å². The predicted octanol–water partition coefficient (Wildman–Crippen LogP) is 1.80. The fourth-order valence-corrected chi connectivity index (χ4v) is 1.51. The minimum Gasteiger partial charge on any atom is -0.381 e. The van der Waals surface area contributed by atoms with Gasteiger partial charge in [-0.25, -0.2) is 0 Å². The standard InChI is InChI=1S/C10H21NO/c1-9(2)8-11-10-4-3-6-12-7-5-10/h9-11H,3-8H2,1-2H3. The van der Waals surface area contributed by atoms with Gasteiger partial charge in [0.1, 0.15) is 0 Å². The molecule has 0 aromatic rings. The largest absolute Gasteiger partial charge is 0.381 e. The van der Waals surface area contributed by atoms with Crippen LogP contribution in [0.2, 0.25) is 0 Å². The van der Waals surface area contributed by atoms with E-state index in [2.05, 4.69) is 19.2 Å². The second-order valence-corrected chi connectivity index (χ2v) is 4.04. The van der Waals surface area contributed by atoms with Crippen LogP contribution in [0.5, 0.6) is 0 Å². The highest BCUT2D eigenvalue weighted by atomic mass is 16.5. The van der Waals surface area contributed by atoms with Gasteiger partial charge >= 0.3 is 0 Å². The molecule has 72 valence electrons. The molecular weight excluding hydrogens is 150 g/mol. The molecule has 2 nitrogen and oxygen atoms in total. The van der Waals surface area contributed by atoms with Gasteiger partial charge in [-0.15, -0.1) is 0 Å². The van der Waals surface area contributed by atoms with Crippen molar-refractivity contribution >= 4 is 0 Å². The first-order valence-electron chi connectivity index (χ1n) is 5.10. The minimum absolute atomic E-state index is 0.704. The first kappa shape index (κ1) is 10.0. The Morgan fingerprint density at radius 1 is 1.33 bits per heavy atom. The summed E-state index contributed by atoms with van der Waals surface area (Å²) in [5, 5.41) is 3.58. The van der Waals surface area contributed by atoms with Crippen LogP contribution >= 0.6 is 0 Å². The highest BCUT2D eigenvalue weighted by Gasteiger charge is 2.11. The molecule has 2 heteroatoms. The maximum atomic E-state index is 5.39. The molecule has 1 rings (SSSR count). The van der Waals surface area contributed by atoms with Gasteiger partial charge in [0, 0.05) is 19.3 Å². The van der Waals surface area contributed by atoms with Gasteiger partial charge in [0.15, 0.2) is 0 Å². The van der Waals surface area contributed by atoms with Crippen LogP contribution in [0.3, 0.4) is 0 Å². The topological polar surface area (TPSA) is 21.3 Å². The molecule has 12 heavy (non-hydrogen) atoms. The van der Waals surface area contributed by atoms with E-state index >= 15 is 0 Å². The smallest absolute Gasteiger partial charge is 0.0480 e. The van der Waals surface area contributed by atoms with Gasteiger partial charge in [-0.05, 0) is 31.7 Å². The van der Waals surface area contributed by atoms with Crippen LogP contribution < -0.4 is 5.32 Å². The highest BCUT2D eigenvalue weighted by molar-refractivity contribution is 4.69. The summed E-state index contributed by atoms with van der Waals surface area (Å²) < 4.78 is 5.39. The third-order valence-corrected chi connectivity index (χ3v) is 2.27. The summed E-state index contributed by atoms with van der Waals surface area (Å²) in [7, 11) is 0. The quantitative estimate of drug-likeness (QED) is 0.699. The third-order valence-electron chi connectivity index (χ3n) is 2.27. The van der Waals surface area contributed by atoms with Crippen LogP contribution in [0.25, 0.3) is 0 Å². The number of nitrogens with one attached hydrogen (secondary N) is 1. The van der Waals surface area contributed by atoms with Crippen molar-refractivity contribution in [3.05, 3.63) is 0 Å². The van der Waals surface area contributed by atoms with Crippen LogP contribution in [0.1, 0.15) is 33.1 Å². The molecule has 1 saturated heterocycles. The molecular formula is C10H21NO. The van der Waals surface area contributed by atoms with Crippen molar-refractivity contribution in [2.75, 3.05) is 19.8 Å². The van der Waals surface area contributed by atoms with E-state index in [0.29, 0.717) is 6.04 Å². The average Bonchev–Trinajstić information content (AvgIpc) is 2.28. The lowest BCUT2D eigenvalue weighted by atomic mass is 10.1. The Bertz CT molecular complexity index is 106. The molecule has 0 bridgehead atoms. The maximum Gasteiger partial charge on any atom is 0.0480 e. The number of ether oxygens (including phenoxy) is 1. The summed E-state index contributed by atoms with van der Waals surface area (Å²) in [6.07, 6.45) is 3.69. The second kappa shape index (κ2) is 5.55. The summed E-state index contributed by atoms with van der Waals surface area (Å²) in [4.78, 5) is 0. The summed E-state index contributed by atoms with van der Waals surface area (Å²) in [6, 6.07) is 0.704. The minimum atomic E-state index is 0.704. The van der Waals surface area contributed by atoms with Crippen molar-refractivity contribution in [3.63, 3.8) is 0 Å². The van der Waals surface area contributed by atoms with Crippen LogP contribution in [-0.2, 0) is 4.74 Å². The molecule has 1 aliphatic rings. The number of hydrogen-bond donors (Lipinski definition) is 1. The molecule has 0 spiro atoms. The monoisotopic (exact) mass is 171 g/mol. The fraction of sp³-hybridized carbons (Fsp3) is 1.00. The lowest BCUT2D eigenvalue weighted by molar-refractivity contribution is 0.142. The molecule has 0 saturated carbocycles. The van der Waals surface area contributed by atoms with E-state index < -0.39 is 0 Å². The zero-order chi connectivity index (χ0) is 8.81. The molecule has 0 aromatic heterocycles. The Morgan fingerprint density at radius 2 is 2.17 bits per heavy atom. The lowest BCUT2D eigenvalue weighted by Gasteiger charge is -2.16. The molecule has 1 fully saturated rings. The summed E-state index contributed by atoms with van der Waals surface area (Å²) >= 11 is 0. The van der Waals surface area contributed by atoms with E-state index in [-0.39, 0.29) is 0 Å². The molecule has 1 heterocycles. The molecule has 0 aliphatic carbocycles. The maximum absolute atomic E-state index is 5.39. The van der Waals surface area contributed by atoms with Gasteiger partial charge in [-0.2, -0.15) is 0 Å². The average molecular weight is 171 g/mol. The van der Waals surface area contributed by atoms with Crippen molar-refractivity contribution in [2.45, 2.75) is 39.2 Å². The van der Waals surface area contributed by atoms with Crippen LogP contribution in [0, 0.1) is 5.92 Å². The van der Waals surface area contributed by atoms with E-state index in [0.717, 1.165) is 25.7 Å². The molecule has 1 unspecified atom stereocenters. The molecule has 1 atom stereocenters. The van der Waals surface area contributed by atoms with Crippen molar-refractivity contribution in [3.8, 4) is 0 Å². The predicted molar refractivity (Wildman–Crippen MR) is 51.3 cm³/mol. The summed E-state index contributed by atoms with van der Waals surface area (Å²) in [5.74, 6) is 0.758. The molecule has 0 amide bonds. The van der Waals surface area contributed by atoms with Gasteiger partial charge in [-0.1, -0.05) is 13.8 Å². The normalized spacial score (nSPS) is 25.8. The third kappa shape index (κ3) is 4.07. The second-order valence-electron chi connectivity index (χ2n) is 4.04. The van der Waals surface area contributed by atoms with E-state index in [1.165, 1.54) is 19.3 Å². The number of hydrogen-bond acceptors (Lipinski definition) is 2. The Hall–Kier alpha value is -0.0800. The first-order valence-corrected chi connectivity index (χ1v) is 5.10. The summed E-state index contributed by atoms with van der Waals surface area (Å²) in [6.45, 7) is 7.54. The Kier molecular flexibility index (Phi) is 4.62. The van der Waals surface area contributed by atoms with Crippen molar-refractivity contribution < 1.29 is 4.74 Å². The Morgan fingerprint density at radius 3 is 2.92 bits per heavy atom. The molecule has 0 aromatic carbocycles. The zero-order valence-corrected chi connectivity index (χ0v) is 8.31. The van der Waals surface area contributed by atoms with E-state index in [1.807, 2.05) is 0 Å². The van der Waals surface area contributed by atoms with Gasteiger partial charge in [0.05, 0.1) is 0 Å². The first-order chi connectivity index (χ1) is 5.79.